The van der Waals surface area contributed by atoms with Gasteiger partial charge >= 0.3 is 0 Å². The van der Waals surface area contributed by atoms with Gasteiger partial charge in [-0.1, -0.05) is 19.1 Å². The molecule has 1 N–H and O–H groups in total. The fourth-order valence-corrected chi connectivity index (χ4v) is 3.46. The first-order valence-corrected chi connectivity index (χ1v) is 11.1. The molecule has 32 heavy (non-hydrogen) atoms. The summed E-state index contributed by atoms with van der Waals surface area (Å²) in [6.07, 6.45) is 2.05. The highest BCUT2D eigenvalue weighted by Gasteiger charge is 2.10. The van der Waals surface area contributed by atoms with Crippen LogP contribution in [-0.2, 0) is 11.2 Å². The van der Waals surface area contributed by atoms with Gasteiger partial charge in [-0.05, 0) is 74.7 Å². The molecule has 3 rings (SSSR count). The molecule has 0 radical (unpaired) electrons. The van der Waals surface area contributed by atoms with Gasteiger partial charge in [-0.2, -0.15) is 5.10 Å². The third kappa shape index (κ3) is 6.54. The number of aryl methyl sites for hydroxylation is 2. The van der Waals surface area contributed by atoms with Crippen molar-refractivity contribution in [3.05, 3.63) is 77.1 Å². The number of carbonyl (C=O) groups is 2. The van der Waals surface area contributed by atoms with Crippen LogP contribution < -0.4 is 10.1 Å². The van der Waals surface area contributed by atoms with Gasteiger partial charge in [0.25, 0.3) is 0 Å². The summed E-state index contributed by atoms with van der Waals surface area (Å²) in [5, 5.41) is 7.39. The molecule has 0 aliphatic carbocycles. The summed E-state index contributed by atoms with van der Waals surface area (Å²) in [4.78, 5) is 24.4. The van der Waals surface area contributed by atoms with E-state index < -0.39 is 0 Å². The second kappa shape index (κ2) is 11.3. The molecule has 0 unspecified atom stereocenters. The predicted molar refractivity (Wildman–Crippen MR) is 126 cm³/mol. The van der Waals surface area contributed by atoms with Crippen molar-refractivity contribution in [3.63, 3.8) is 0 Å². The van der Waals surface area contributed by atoms with Crippen molar-refractivity contribution in [3.8, 4) is 11.4 Å². The maximum atomic E-state index is 12.3. The van der Waals surface area contributed by atoms with E-state index in [0.29, 0.717) is 18.7 Å². The van der Waals surface area contributed by atoms with Crippen LogP contribution in [0.3, 0.4) is 0 Å². The molecule has 2 aromatic carbocycles. The molecule has 0 saturated heterocycles. The molecular weight excluding hydrogens is 402 g/mol. The Balaban J connectivity index is 1.39. The van der Waals surface area contributed by atoms with Crippen molar-refractivity contribution < 1.29 is 14.3 Å². The highest BCUT2D eigenvalue weighted by molar-refractivity contribution is 5.98. The Morgan fingerprint density at radius 3 is 2.34 bits per heavy atom. The zero-order chi connectivity index (χ0) is 22.9. The van der Waals surface area contributed by atoms with Crippen LogP contribution in [-0.4, -0.2) is 34.6 Å². The van der Waals surface area contributed by atoms with Gasteiger partial charge in [0, 0.05) is 30.6 Å². The molecule has 0 spiro atoms. The molecule has 0 aliphatic heterocycles. The van der Waals surface area contributed by atoms with Crippen LogP contribution in [0.2, 0.25) is 0 Å². The van der Waals surface area contributed by atoms with Crippen LogP contribution in [0, 0.1) is 13.8 Å². The predicted octanol–water partition coefficient (Wildman–Crippen LogP) is 4.60. The Morgan fingerprint density at radius 2 is 1.72 bits per heavy atom. The Hall–Kier alpha value is -3.41. The Labute approximate surface area is 189 Å². The van der Waals surface area contributed by atoms with E-state index in [9.17, 15) is 9.59 Å². The Bertz CT molecular complexity index is 1040. The molecule has 6 heteroatoms. The fraction of sp³-hybridized carbons (Fsp3) is 0.346. The second-order valence-electron chi connectivity index (χ2n) is 7.90. The van der Waals surface area contributed by atoms with Crippen molar-refractivity contribution in [1.82, 2.24) is 15.1 Å². The van der Waals surface area contributed by atoms with Crippen LogP contribution in [0.1, 0.15) is 53.5 Å². The van der Waals surface area contributed by atoms with E-state index in [4.69, 9.17) is 4.74 Å². The van der Waals surface area contributed by atoms with Gasteiger partial charge in [-0.15, -0.1) is 0 Å². The minimum atomic E-state index is -0.111. The first-order chi connectivity index (χ1) is 15.5. The first-order valence-electron chi connectivity index (χ1n) is 11.1. The maximum Gasteiger partial charge on any atom is 0.220 e. The molecule has 0 bridgehead atoms. The van der Waals surface area contributed by atoms with Crippen molar-refractivity contribution in [2.45, 2.75) is 46.5 Å². The lowest BCUT2D eigenvalue weighted by atomic mass is 10.1. The quantitative estimate of drug-likeness (QED) is 0.449. The second-order valence-corrected chi connectivity index (χ2v) is 7.90. The van der Waals surface area contributed by atoms with Crippen LogP contribution in [0.15, 0.2) is 54.6 Å². The lowest BCUT2D eigenvalue weighted by molar-refractivity contribution is -0.121. The van der Waals surface area contributed by atoms with Gasteiger partial charge < -0.3 is 10.1 Å². The number of hydrogen-bond acceptors (Lipinski definition) is 4. The van der Waals surface area contributed by atoms with Crippen molar-refractivity contribution in [1.29, 1.82) is 0 Å². The summed E-state index contributed by atoms with van der Waals surface area (Å²) in [6.45, 7) is 7.25. The molecule has 1 amide bonds. The summed E-state index contributed by atoms with van der Waals surface area (Å²) >= 11 is 0. The average molecular weight is 434 g/mol. The van der Waals surface area contributed by atoms with Crippen LogP contribution >= 0.6 is 0 Å². The Kier molecular flexibility index (Phi) is 8.20. The van der Waals surface area contributed by atoms with E-state index in [1.54, 1.807) is 24.3 Å². The fourth-order valence-electron chi connectivity index (χ4n) is 3.46. The van der Waals surface area contributed by atoms with Gasteiger partial charge in [0.05, 0.1) is 18.0 Å². The highest BCUT2D eigenvalue weighted by Crippen LogP contribution is 2.15. The minimum Gasteiger partial charge on any atom is -0.494 e. The van der Waals surface area contributed by atoms with Gasteiger partial charge in [0.1, 0.15) is 5.75 Å². The molecule has 0 aliphatic rings. The number of rotatable bonds is 11. The van der Waals surface area contributed by atoms with E-state index in [2.05, 4.69) is 22.5 Å². The standard InChI is InChI=1S/C26H31N3O3/c1-4-17-32-24-11-7-22(8-12-24)25(30)13-14-26(31)27-16-15-21-5-9-23(10-6-21)29-20(3)18-19(2)28-29/h5-12,18H,4,13-17H2,1-3H3,(H,27,31). The van der Waals surface area contributed by atoms with E-state index in [0.717, 1.165) is 41.2 Å². The SMILES string of the molecule is CCCOc1ccc(C(=O)CCC(=O)NCCc2ccc(-n3nc(C)cc3C)cc2)cc1. The summed E-state index contributed by atoms with van der Waals surface area (Å²) < 4.78 is 7.44. The third-order valence-corrected chi connectivity index (χ3v) is 5.15. The number of ketones is 1. The number of Topliss-reactive ketones (excluding diaryl/α,β-unsaturated/α-hetero) is 1. The number of ether oxygens (including phenoxy) is 1. The number of benzene rings is 2. The maximum absolute atomic E-state index is 12.3. The third-order valence-electron chi connectivity index (χ3n) is 5.15. The van der Waals surface area contributed by atoms with Gasteiger partial charge in [0.15, 0.2) is 5.78 Å². The molecule has 168 valence electrons. The number of carbonyl (C=O) groups excluding carboxylic acids is 2. The summed E-state index contributed by atoms with van der Waals surface area (Å²) in [7, 11) is 0. The van der Waals surface area contributed by atoms with Crippen LogP contribution in [0.5, 0.6) is 5.75 Å². The lowest BCUT2D eigenvalue weighted by Crippen LogP contribution is -2.26. The zero-order valence-electron chi connectivity index (χ0n) is 19.1. The molecule has 1 aromatic heterocycles. The van der Waals surface area contributed by atoms with Crippen molar-refractivity contribution in [2.24, 2.45) is 0 Å². The van der Waals surface area contributed by atoms with E-state index in [1.165, 1.54) is 0 Å². The molecule has 6 nitrogen and oxygen atoms in total. The average Bonchev–Trinajstić information content (AvgIpc) is 3.14. The minimum absolute atomic E-state index is 0.0399. The summed E-state index contributed by atoms with van der Waals surface area (Å²) in [5.74, 6) is 0.603. The number of nitrogens with one attached hydrogen (secondary N) is 1. The van der Waals surface area contributed by atoms with Gasteiger partial charge in [0.2, 0.25) is 5.91 Å². The number of nitrogens with zero attached hydrogens (tertiary/aromatic N) is 2. The number of hydrogen-bond donors (Lipinski definition) is 1. The first kappa shape index (κ1) is 23.3. The lowest BCUT2D eigenvalue weighted by Gasteiger charge is -2.08. The van der Waals surface area contributed by atoms with Crippen LogP contribution in [0.4, 0.5) is 0 Å². The topological polar surface area (TPSA) is 73.2 Å². The molecule has 0 saturated carbocycles. The monoisotopic (exact) mass is 433 g/mol. The van der Waals surface area contributed by atoms with E-state index >= 15 is 0 Å². The smallest absolute Gasteiger partial charge is 0.220 e. The normalized spacial score (nSPS) is 10.7. The van der Waals surface area contributed by atoms with E-state index in [1.807, 2.05) is 43.7 Å². The largest absolute Gasteiger partial charge is 0.494 e. The van der Waals surface area contributed by atoms with Crippen molar-refractivity contribution in [2.75, 3.05) is 13.2 Å². The molecule has 1 heterocycles. The summed E-state index contributed by atoms with van der Waals surface area (Å²) in [5.41, 5.74) is 4.84. The molecule has 0 atom stereocenters. The van der Waals surface area contributed by atoms with Gasteiger partial charge in [-0.25, -0.2) is 4.68 Å². The van der Waals surface area contributed by atoms with Crippen LogP contribution in [0.25, 0.3) is 5.69 Å². The molecular formula is C26H31N3O3. The highest BCUT2D eigenvalue weighted by atomic mass is 16.5. The zero-order valence-corrected chi connectivity index (χ0v) is 19.1. The van der Waals surface area contributed by atoms with Gasteiger partial charge in [-0.3, -0.25) is 9.59 Å². The molecule has 3 aromatic rings. The number of aromatic nitrogens is 2. The van der Waals surface area contributed by atoms with Crippen molar-refractivity contribution >= 4 is 11.7 Å². The van der Waals surface area contributed by atoms with E-state index in [-0.39, 0.29) is 24.5 Å². The number of amides is 1. The Morgan fingerprint density at radius 1 is 1.00 bits per heavy atom. The summed E-state index contributed by atoms with van der Waals surface area (Å²) in [6, 6.07) is 17.3. The molecule has 0 fully saturated rings.